The van der Waals surface area contributed by atoms with Crippen LogP contribution in [-0.4, -0.2) is 28.4 Å². The van der Waals surface area contributed by atoms with Crippen molar-refractivity contribution in [3.63, 3.8) is 0 Å². The zero-order valence-corrected chi connectivity index (χ0v) is 14.4. The fourth-order valence-electron chi connectivity index (χ4n) is 3.42. The first kappa shape index (κ1) is 16.6. The van der Waals surface area contributed by atoms with Gasteiger partial charge in [-0.05, 0) is 44.9 Å². The minimum absolute atomic E-state index is 0.111. The van der Waals surface area contributed by atoms with Crippen molar-refractivity contribution >= 4 is 6.03 Å². The molecule has 0 aromatic carbocycles. The molecular weight excluding hydrogens is 304 g/mol. The molecule has 0 saturated heterocycles. The Morgan fingerprint density at radius 3 is 2.79 bits per heavy atom. The quantitative estimate of drug-likeness (QED) is 0.883. The highest BCUT2D eigenvalue weighted by Crippen LogP contribution is 2.20. The fourth-order valence-corrected chi connectivity index (χ4v) is 3.42. The van der Waals surface area contributed by atoms with Gasteiger partial charge in [0.25, 0.3) is 0 Å². The normalized spacial score (nSPS) is 16.8. The number of aryl methyl sites for hydroxylation is 2. The van der Waals surface area contributed by atoms with Gasteiger partial charge in [-0.3, -0.25) is 4.68 Å². The van der Waals surface area contributed by atoms with Gasteiger partial charge in [0, 0.05) is 18.3 Å². The van der Waals surface area contributed by atoms with E-state index in [4.69, 9.17) is 4.42 Å². The summed E-state index contributed by atoms with van der Waals surface area (Å²) in [6.45, 7) is 4.41. The molecule has 6 nitrogen and oxygen atoms in total. The Hall–Kier alpha value is -2.24. The Kier molecular flexibility index (Phi) is 5.23. The van der Waals surface area contributed by atoms with E-state index in [9.17, 15) is 4.79 Å². The molecule has 2 amide bonds. The molecule has 1 atom stereocenters. The van der Waals surface area contributed by atoms with Crippen LogP contribution in [0.3, 0.4) is 0 Å². The lowest BCUT2D eigenvalue weighted by molar-refractivity contribution is 0.230. The first-order valence-corrected chi connectivity index (χ1v) is 8.74. The summed E-state index contributed by atoms with van der Waals surface area (Å²) in [6, 6.07) is 5.84. The maximum absolute atomic E-state index is 12.2. The number of amides is 2. The highest BCUT2D eigenvalue weighted by molar-refractivity contribution is 5.74. The van der Waals surface area contributed by atoms with Crippen molar-refractivity contribution in [3.05, 3.63) is 41.6 Å². The Morgan fingerprint density at radius 1 is 1.38 bits per heavy atom. The number of carbonyl (C=O) groups excluding carboxylic acids is 1. The van der Waals surface area contributed by atoms with Gasteiger partial charge in [0.05, 0.1) is 12.0 Å². The Bertz CT molecular complexity index is 657. The van der Waals surface area contributed by atoms with Crippen molar-refractivity contribution in [2.24, 2.45) is 0 Å². The van der Waals surface area contributed by atoms with E-state index in [0.717, 1.165) is 30.0 Å². The Labute approximate surface area is 142 Å². The summed E-state index contributed by atoms with van der Waals surface area (Å²) in [5.41, 5.74) is 2.00. The number of furan rings is 1. The third kappa shape index (κ3) is 3.99. The van der Waals surface area contributed by atoms with Crippen LogP contribution in [0.1, 0.15) is 55.3 Å². The van der Waals surface area contributed by atoms with Crippen molar-refractivity contribution in [1.82, 2.24) is 20.4 Å². The molecule has 3 rings (SSSR count). The van der Waals surface area contributed by atoms with Crippen LogP contribution in [-0.2, 0) is 0 Å². The average Bonchev–Trinajstić information content (AvgIpc) is 3.19. The topological polar surface area (TPSA) is 72.1 Å². The van der Waals surface area contributed by atoms with Crippen molar-refractivity contribution in [3.8, 4) is 0 Å². The zero-order chi connectivity index (χ0) is 16.9. The van der Waals surface area contributed by atoms with Crippen LogP contribution in [0, 0.1) is 13.8 Å². The third-order valence-corrected chi connectivity index (χ3v) is 4.61. The van der Waals surface area contributed by atoms with Crippen molar-refractivity contribution in [1.29, 1.82) is 0 Å². The van der Waals surface area contributed by atoms with Gasteiger partial charge in [-0.1, -0.05) is 19.3 Å². The molecule has 130 valence electrons. The van der Waals surface area contributed by atoms with Gasteiger partial charge >= 0.3 is 6.03 Å². The highest BCUT2D eigenvalue weighted by Gasteiger charge is 2.21. The summed E-state index contributed by atoms with van der Waals surface area (Å²) in [7, 11) is 0. The number of urea groups is 1. The lowest BCUT2D eigenvalue weighted by atomic mass is 9.96. The first-order chi connectivity index (χ1) is 11.6. The lowest BCUT2D eigenvalue weighted by Crippen LogP contribution is -2.44. The molecule has 0 radical (unpaired) electrons. The predicted molar refractivity (Wildman–Crippen MR) is 92.0 cm³/mol. The first-order valence-electron chi connectivity index (χ1n) is 8.74. The van der Waals surface area contributed by atoms with E-state index >= 15 is 0 Å². The van der Waals surface area contributed by atoms with Gasteiger partial charge in [-0.2, -0.15) is 5.10 Å². The van der Waals surface area contributed by atoms with E-state index in [2.05, 4.69) is 15.7 Å². The van der Waals surface area contributed by atoms with Crippen LogP contribution in [0.5, 0.6) is 0 Å². The molecule has 0 spiro atoms. The summed E-state index contributed by atoms with van der Waals surface area (Å²) >= 11 is 0. The molecule has 1 aliphatic rings. The van der Waals surface area contributed by atoms with Gasteiger partial charge < -0.3 is 15.1 Å². The monoisotopic (exact) mass is 330 g/mol. The molecule has 2 aromatic rings. The number of nitrogens with zero attached hydrogens (tertiary/aromatic N) is 2. The average molecular weight is 330 g/mol. The van der Waals surface area contributed by atoms with Crippen LogP contribution in [0.4, 0.5) is 4.79 Å². The van der Waals surface area contributed by atoms with Crippen LogP contribution in [0.25, 0.3) is 0 Å². The fraction of sp³-hybridized carbons (Fsp3) is 0.556. The van der Waals surface area contributed by atoms with Gasteiger partial charge in [-0.25, -0.2) is 4.79 Å². The molecule has 1 fully saturated rings. The molecule has 6 heteroatoms. The van der Waals surface area contributed by atoms with Crippen molar-refractivity contribution in [2.45, 2.75) is 58.0 Å². The summed E-state index contributed by atoms with van der Waals surface area (Å²) in [6.07, 6.45) is 7.48. The van der Waals surface area contributed by atoms with Gasteiger partial charge in [-0.15, -0.1) is 0 Å². The molecule has 24 heavy (non-hydrogen) atoms. The third-order valence-electron chi connectivity index (χ3n) is 4.61. The van der Waals surface area contributed by atoms with E-state index in [0.29, 0.717) is 12.6 Å². The minimum Gasteiger partial charge on any atom is -0.467 e. The second kappa shape index (κ2) is 7.55. The van der Waals surface area contributed by atoms with Crippen molar-refractivity contribution in [2.75, 3.05) is 6.54 Å². The van der Waals surface area contributed by atoms with E-state index in [-0.39, 0.29) is 12.1 Å². The second-order valence-corrected chi connectivity index (χ2v) is 6.59. The maximum atomic E-state index is 12.2. The molecule has 0 bridgehead atoms. The summed E-state index contributed by atoms with van der Waals surface area (Å²) < 4.78 is 7.48. The molecule has 1 unspecified atom stereocenters. The molecular formula is C18H26N4O2. The number of carbonyl (C=O) groups is 1. The highest BCUT2D eigenvalue weighted by atomic mass is 16.3. The smallest absolute Gasteiger partial charge is 0.315 e. The van der Waals surface area contributed by atoms with Gasteiger partial charge in [0.2, 0.25) is 0 Å². The van der Waals surface area contributed by atoms with Gasteiger partial charge in [0.1, 0.15) is 11.8 Å². The number of aromatic nitrogens is 2. The van der Waals surface area contributed by atoms with E-state index in [1.807, 2.05) is 36.7 Å². The molecule has 1 aliphatic carbocycles. The number of hydrogen-bond acceptors (Lipinski definition) is 3. The van der Waals surface area contributed by atoms with E-state index in [1.54, 1.807) is 6.26 Å². The number of nitrogens with one attached hydrogen (secondary N) is 2. The van der Waals surface area contributed by atoms with Crippen LogP contribution >= 0.6 is 0 Å². The van der Waals surface area contributed by atoms with Crippen LogP contribution < -0.4 is 10.6 Å². The van der Waals surface area contributed by atoms with Crippen LogP contribution in [0.15, 0.2) is 28.9 Å². The maximum Gasteiger partial charge on any atom is 0.315 e. The van der Waals surface area contributed by atoms with E-state index < -0.39 is 0 Å². The SMILES string of the molecule is Cc1cc(C)n(C(CNC(=O)NC2CCCCC2)c2ccco2)n1. The molecule has 0 aliphatic heterocycles. The zero-order valence-electron chi connectivity index (χ0n) is 14.4. The van der Waals surface area contributed by atoms with E-state index in [1.165, 1.54) is 19.3 Å². The predicted octanol–water partition coefficient (Wildman–Crippen LogP) is 3.31. The van der Waals surface area contributed by atoms with Crippen LogP contribution in [0.2, 0.25) is 0 Å². The molecule has 2 N–H and O–H groups in total. The molecule has 2 heterocycles. The standard InChI is InChI=1S/C18H26N4O2/c1-13-11-14(2)22(21-13)16(17-9-6-10-24-17)12-19-18(23)20-15-7-4-3-5-8-15/h6,9-11,15-16H,3-5,7-8,12H2,1-2H3,(H2,19,20,23). The van der Waals surface area contributed by atoms with Crippen molar-refractivity contribution < 1.29 is 9.21 Å². The van der Waals surface area contributed by atoms with Gasteiger partial charge in [0.15, 0.2) is 0 Å². The largest absolute Gasteiger partial charge is 0.467 e. The Balaban J connectivity index is 1.64. The number of rotatable bonds is 5. The summed E-state index contributed by atoms with van der Waals surface area (Å²) in [5.74, 6) is 0.791. The summed E-state index contributed by atoms with van der Waals surface area (Å²) in [5, 5.41) is 10.6. The molecule has 2 aromatic heterocycles. The summed E-state index contributed by atoms with van der Waals surface area (Å²) in [4.78, 5) is 12.2. The number of hydrogen-bond donors (Lipinski definition) is 2. The minimum atomic E-state index is -0.147. The lowest BCUT2D eigenvalue weighted by Gasteiger charge is -2.24. The Morgan fingerprint density at radius 2 is 2.17 bits per heavy atom. The molecule has 1 saturated carbocycles. The second-order valence-electron chi connectivity index (χ2n) is 6.59.